The van der Waals surface area contributed by atoms with Crippen LogP contribution in [0.1, 0.15) is 26.2 Å². The molecule has 0 aromatic rings. The highest BCUT2D eigenvalue weighted by atomic mass is 31.2. The summed E-state index contributed by atoms with van der Waals surface area (Å²) in [6.45, 7) is 1.53. The number of rotatable bonds is 11. The molecule has 3 aliphatic rings. The maximum absolute atomic E-state index is 11.9. The molecule has 3 heterocycles. The first kappa shape index (κ1) is 32.3. The molecule has 14 nitrogen and oxygen atoms in total. The summed E-state index contributed by atoms with van der Waals surface area (Å²) in [5.74, 6) is -0.000485. The van der Waals surface area contributed by atoms with Gasteiger partial charge in [0.2, 0.25) is 0 Å². The van der Waals surface area contributed by atoms with Crippen LogP contribution in [0.4, 0.5) is 0 Å². The van der Waals surface area contributed by atoms with E-state index in [-0.39, 0.29) is 38.3 Å². The summed E-state index contributed by atoms with van der Waals surface area (Å²) in [4.78, 5) is 30.6. The Kier molecular flexibility index (Phi) is 13.0. The summed E-state index contributed by atoms with van der Waals surface area (Å²) in [7, 11) is 4.81. The predicted molar refractivity (Wildman–Crippen MR) is 120 cm³/mol. The number of hydrogen-bond donors (Lipinski definition) is 2. The van der Waals surface area contributed by atoms with E-state index in [0.717, 1.165) is 0 Å². The fourth-order valence-electron chi connectivity index (χ4n) is 3.91. The monoisotopic (exact) mass is 556 g/mol. The van der Waals surface area contributed by atoms with Crippen molar-refractivity contribution >= 4 is 31.3 Å². The van der Waals surface area contributed by atoms with Crippen molar-refractivity contribution in [2.75, 3.05) is 34.0 Å². The Balaban J connectivity index is 0.000000281. The number of ether oxygens (including phenoxy) is 5. The Bertz CT molecular complexity index is 759. The van der Waals surface area contributed by atoms with E-state index in [2.05, 4.69) is 4.52 Å². The number of phosphoric acid groups is 2. The van der Waals surface area contributed by atoms with E-state index in [9.17, 15) is 24.0 Å². The van der Waals surface area contributed by atoms with Crippen molar-refractivity contribution in [3.8, 4) is 0 Å². The molecule has 18 heteroatoms. The maximum Gasteiger partial charge on any atom is 0.268 e. The predicted octanol–water partition coefficient (Wildman–Crippen LogP) is -1.71. The second kappa shape index (κ2) is 14.5. The molecule has 3 rings (SSSR count). The van der Waals surface area contributed by atoms with E-state index in [0.29, 0.717) is 12.8 Å². The SMILES string of the molecule is [B][C@H]1CC(OC)[C@@H](COP(=O)([O-])O)O1.[B][C@H]1CC(OP(=O)([O-])OC[C@H]2O[C@@H](O)CC2C)[C@@H](COC)O1. The van der Waals surface area contributed by atoms with E-state index in [1.807, 2.05) is 6.92 Å². The number of aliphatic hydroxyl groups is 1. The van der Waals surface area contributed by atoms with E-state index < -0.39 is 58.4 Å². The molecule has 5 unspecified atom stereocenters. The first-order chi connectivity index (χ1) is 16.7. The molecule has 3 saturated heterocycles. The van der Waals surface area contributed by atoms with Gasteiger partial charge in [0, 0.05) is 32.6 Å². The van der Waals surface area contributed by atoms with E-state index >= 15 is 0 Å². The summed E-state index contributed by atoms with van der Waals surface area (Å²) in [6, 6.07) is -1.09. The molecule has 0 aromatic heterocycles. The van der Waals surface area contributed by atoms with Crippen molar-refractivity contribution in [3.63, 3.8) is 0 Å². The van der Waals surface area contributed by atoms with Crippen LogP contribution in [0.3, 0.4) is 0 Å². The third-order valence-electron chi connectivity index (χ3n) is 5.69. The Labute approximate surface area is 212 Å². The third kappa shape index (κ3) is 11.1. The lowest BCUT2D eigenvalue weighted by Crippen LogP contribution is -2.31. The van der Waals surface area contributed by atoms with E-state index in [1.54, 1.807) is 0 Å². The van der Waals surface area contributed by atoms with Crippen molar-refractivity contribution in [1.29, 1.82) is 0 Å². The van der Waals surface area contributed by atoms with Crippen LogP contribution in [-0.4, -0.2) is 109 Å². The topological polar surface area (TPSA) is 195 Å². The Morgan fingerprint density at radius 3 is 1.94 bits per heavy atom. The highest BCUT2D eigenvalue weighted by Crippen LogP contribution is 2.44. The summed E-state index contributed by atoms with van der Waals surface area (Å²) in [5, 5.41) is 9.35. The van der Waals surface area contributed by atoms with Gasteiger partial charge in [0.05, 0.1) is 38.1 Å². The maximum atomic E-state index is 11.9. The zero-order valence-corrected chi connectivity index (χ0v) is 22.1. The lowest BCUT2D eigenvalue weighted by atomic mass is 9.96. The molecule has 11 atom stereocenters. The van der Waals surface area contributed by atoms with Gasteiger partial charge >= 0.3 is 0 Å². The normalized spacial score (nSPS) is 39.8. The number of hydrogen-bond acceptors (Lipinski definition) is 13. The molecule has 206 valence electrons. The molecule has 3 fully saturated rings. The quantitative estimate of drug-likeness (QED) is 0.216. The second-order valence-electron chi connectivity index (χ2n) is 8.62. The summed E-state index contributed by atoms with van der Waals surface area (Å²) in [6.07, 6.45) is -2.40. The molecule has 0 aliphatic carbocycles. The highest BCUT2D eigenvalue weighted by Gasteiger charge is 2.37. The van der Waals surface area contributed by atoms with Gasteiger partial charge in [-0.1, -0.05) is 6.92 Å². The minimum Gasteiger partial charge on any atom is -0.756 e. The second-order valence-corrected chi connectivity index (χ2v) is 11.2. The van der Waals surface area contributed by atoms with Crippen LogP contribution < -0.4 is 9.79 Å². The van der Waals surface area contributed by atoms with Gasteiger partial charge in [-0.3, -0.25) is 9.13 Å². The van der Waals surface area contributed by atoms with Crippen molar-refractivity contribution in [1.82, 2.24) is 0 Å². The molecule has 0 aromatic carbocycles. The first-order valence-electron chi connectivity index (χ1n) is 11.2. The van der Waals surface area contributed by atoms with Gasteiger partial charge in [-0.15, -0.1) is 0 Å². The van der Waals surface area contributed by atoms with Crippen LogP contribution in [0.5, 0.6) is 0 Å². The van der Waals surface area contributed by atoms with Crippen LogP contribution in [0.15, 0.2) is 0 Å². The average Bonchev–Trinajstić information content (AvgIpc) is 3.40. The van der Waals surface area contributed by atoms with E-state index in [1.165, 1.54) is 14.2 Å². The molecule has 2 N–H and O–H groups in total. The van der Waals surface area contributed by atoms with Gasteiger partial charge in [0.1, 0.15) is 27.9 Å². The summed E-state index contributed by atoms with van der Waals surface area (Å²) < 4.78 is 61.8. The molecule has 4 radical (unpaired) electrons. The van der Waals surface area contributed by atoms with Crippen LogP contribution in [0, 0.1) is 5.92 Å². The van der Waals surface area contributed by atoms with Crippen molar-refractivity contribution in [2.24, 2.45) is 5.92 Å². The number of phosphoric ester groups is 2. The van der Waals surface area contributed by atoms with Gasteiger partial charge in [0.25, 0.3) is 15.6 Å². The molecule has 0 spiro atoms. The molecule has 0 saturated carbocycles. The van der Waals surface area contributed by atoms with Gasteiger partial charge in [-0.2, -0.15) is 0 Å². The average molecular weight is 556 g/mol. The van der Waals surface area contributed by atoms with Crippen molar-refractivity contribution in [3.05, 3.63) is 0 Å². The zero-order valence-electron chi connectivity index (χ0n) is 20.3. The molecule has 0 bridgehead atoms. The van der Waals surface area contributed by atoms with Gasteiger partial charge in [0.15, 0.2) is 6.29 Å². The van der Waals surface area contributed by atoms with Crippen molar-refractivity contribution in [2.45, 2.75) is 75.0 Å². The fraction of sp³-hybridized carbons (Fsp3) is 1.00. The smallest absolute Gasteiger partial charge is 0.268 e. The minimum absolute atomic E-state index is 0.000485. The standard InChI is InChI=1S/C12H22BO8P.C6H12BO6P/c1-7-3-12(14)20-9(7)6-18-22(15,16)21-8-4-11(13)19-10(8)5-17-2;1-11-4-2-6(7)13-5(4)3-12-14(8,9)10/h7-12,14H,3-6H2,1-2H3,(H,15,16);4-6H,2-3H2,1H3,(H2,8,9,10)/p-2/t7?,8?,9-,10-,11-,12-;4?,5-,6-/m11/s1. The Hall–Kier alpha value is 0.110. The fourth-order valence-corrected chi connectivity index (χ4v) is 5.19. The summed E-state index contributed by atoms with van der Waals surface area (Å²) >= 11 is 0. The first-order valence-corrected chi connectivity index (χ1v) is 14.2. The van der Waals surface area contributed by atoms with Gasteiger partial charge in [-0.25, -0.2) is 0 Å². The number of methoxy groups -OCH3 is 2. The zero-order chi connectivity index (χ0) is 27.1. The highest BCUT2D eigenvalue weighted by molar-refractivity contribution is 7.45. The van der Waals surface area contributed by atoms with Crippen LogP contribution in [-0.2, 0) is 46.4 Å². The number of aliphatic hydroxyl groups excluding tert-OH is 1. The molecule has 0 amide bonds. The van der Waals surface area contributed by atoms with E-state index in [4.69, 9.17) is 53.3 Å². The Morgan fingerprint density at radius 2 is 1.44 bits per heavy atom. The molecular weight excluding hydrogens is 524 g/mol. The molecule has 3 aliphatic heterocycles. The largest absolute Gasteiger partial charge is 0.756 e. The molecular formula is C18H32B2O14P2-2. The van der Waals surface area contributed by atoms with Crippen LogP contribution in [0.2, 0.25) is 0 Å². The summed E-state index contributed by atoms with van der Waals surface area (Å²) in [5.41, 5.74) is 0. The molecule has 36 heavy (non-hydrogen) atoms. The van der Waals surface area contributed by atoms with Crippen molar-refractivity contribution < 1.29 is 66.2 Å². The lowest BCUT2D eigenvalue weighted by Gasteiger charge is -2.29. The minimum atomic E-state index is -4.70. The van der Waals surface area contributed by atoms with Gasteiger partial charge < -0.3 is 57.0 Å². The Morgan fingerprint density at radius 1 is 0.889 bits per heavy atom. The van der Waals surface area contributed by atoms with Crippen LogP contribution >= 0.6 is 15.6 Å². The lowest BCUT2D eigenvalue weighted by molar-refractivity contribution is -0.235. The van der Waals surface area contributed by atoms with Crippen LogP contribution in [0.25, 0.3) is 0 Å². The van der Waals surface area contributed by atoms with Gasteiger partial charge in [-0.05, 0) is 18.8 Å². The third-order valence-corrected chi connectivity index (χ3v) is 7.16.